The molecule has 0 spiro atoms. The van der Waals surface area contributed by atoms with Crippen LogP contribution in [0.15, 0.2) is 31.8 Å². The number of halogens is 3. The first-order valence-electron chi connectivity index (χ1n) is 4.49. The van der Waals surface area contributed by atoms with Crippen molar-refractivity contribution in [1.29, 1.82) is 0 Å². The Labute approximate surface area is 119 Å². The molecule has 1 unspecified atom stereocenters. The monoisotopic (exact) mass is 383 g/mol. The molecule has 0 aliphatic rings. The Balaban J connectivity index is 2.36. The molecule has 2 rings (SSSR count). The van der Waals surface area contributed by atoms with Crippen LogP contribution in [0, 0.1) is 0 Å². The lowest BCUT2D eigenvalue weighted by atomic mass is 10.2. The predicted octanol–water partition coefficient (Wildman–Crippen LogP) is 4.83. The van der Waals surface area contributed by atoms with Gasteiger partial charge in [-0.2, -0.15) is 0 Å². The molecule has 0 fully saturated rings. The Hall–Kier alpha value is 0.190. The summed E-state index contributed by atoms with van der Waals surface area (Å²) in [6, 6.07) is 5.85. The summed E-state index contributed by atoms with van der Waals surface area (Å²) >= 11 is 14.3. The SMILES string of the molecule is CNC(c1ccc(Br)o1)c1cc(Br)c(Cl)s1. The van der Waals surface area contributed by atoms with E-state index in [4.69, 9.17) is 16.0 Å². The van der Waals surface area contributed by atoms with Gasteiger partial charge in [0.2, 0.25) is 0 Å². The van der Waals surface area contributed by atoms with Crippen molar-refractivity contribution >= 4 is 54.8 Å². The quantitative estimate of drug-likeness (QED) is 0.819. The molecule has 0 radical (unpaired) electrons. The highest BCUT2D eigenvalue weighted by molar-refractivity contribution is 9.10. The molecular formula is C10H8Br2ClNOS. The molecule has 6 heteroatoms. The van der Waals surface area contributed by atoms with Gasteiger partial charge in [0.25, 0.3) is 0 Å². The highest BCUT2D eigenvalue weighted by atomic mass is 79.9. The molecular weight excluding hydrogens is 377 g/mol. The van der Waals surface area contributed by atoms with E-state index in [0.717, 1.165) is 24.1 Å². The van der Waals surface area contributed by atoms with E-state index < -0.39 is 0 Å². The first-order valence-corrected chi connectivity index (χ1v) is 7.27. The maximum absolute atomic E-state index is 6.03. The van der Waals surface area contributed by atoms with Gasteiger partial charge in [-0.25, -0.2) is 0 Å². The van der Waals surface area contributed by atoms with Crippen LogP contribution < -0.4 is 5.32 Å². The number of furan rings is 1. The summed E-state index contributed by atoms with van der Waals surface area (Å²) in [7, 11) is 1.89. The Morgan fingerprint density at radius 1 is 1.44 bits per heavy atom. The van der Waals surface area contributed by atoms with Gasteiger partial charge >= 0.3 is 0 Å². The van der Waals surface area contributed by atoms with E-state index in [1.165, 1.54) is 11.3 Å². The van der Waals surface area contributed by atoms with E-state index in [-0.39, 0.29) is 6.04 Å². The average molecular weight is 386 g/mol. The van der Waals surface area contributed by atoms with Crippen molar-refractivity contribution < 1.29 is 4.42 Å². The molecule has 0 aliphatic carbocycles. The molecule has 1 N–H and O–H groups in total. The fourth-order valence-electron chi connectivity index (χ4n) is 1.41. The third-order valence-electron chi connectivity index (χ3n) is 2.12. The summed E-state index contributed by atoms with van der Waals surface area (Å²) in [4.78, 5) is 1.11. The van der Waals surface area contributed by atoms with Crippen molar-refractivity contribution in [3.8, 4) is 0 Å². The van der Waals surface area contributed by atoms with E-state index in [1.807, 2.05) is 25.2 Å². The molecule has 0 aliphatic heterocycles. The fourth-order valence-corrected chi connectivity index (χ4v) is 3.59. The van der Waals surface area contributed by atoms with Crippen molar-refractivity contribution in [3.05, 3.63) is 42.3 Å². The maximum atomic E-state index is 6.03. The molecule has 86 valence electrons. The van der Waals surface area contributed by atoms with Crippen molar-refractivity contribution in [1.82, 2.24) is 5.32 Å². The lowest BCUT2D eigenvalue weighted by Crippen LogP contribution is -2.15. The van der Waals surface area contributed by atoms with Crippen LogP contribution in [-0.2, 0) is 0 Å². The zero-order valence-corrected chi connectivity index (χ0v) is 13.0. The van der Waals surface area contributed by atoms with Gasteiger partial charge in [-0.1, -0.05) is 11.6 Å². The standard InChI is InChI=1S/C10H8Br2ClNOS/c1-14-9(6-2-3-8(12)15-6)7-4-5(11)10(13)16-7/h2-4,9,14H,1H3. The second-order valence-electron chi connectivity index (χ2n) is 3.13. The van der Waals surface area contributed by atoms with Gasteiger partial charge in [0, 0.05) is 9.35 Å². The minimum Gasteiger partial charge on any atom is -0.452 e. The van der Waals surface area contributed by atoms with E-state index in [0.29, 0.717) is 0 Å². The molecule has 0 aromatic carbocycles. The molecule has 2 nitrogen and oxygen atoms in total. The zero-order valence-electron chi connectivity index (χ0n) is 8.26. The van der Waals surface area contributed by atoms with Crippen molar-refractivity contribution in [2.45, 2.75) is 6.04 Å². The molecule has 0 saturated heterocycles. The molecule has 0 saturated carbocycles. The first-order chi connectivity index (χ1) is 7.61. The van der Waals surface area contributed by atoms with E-state index in [1.54, 1.807) is 0 Å². The minimum absolute atomic E-state index is 0.0279. The summed E-state index contributed by atoms with van der Waals surface area (Å²) in [5.41, 5.74) is 0. The summed E-state index contributed by atoms with van der Waals surface area (Å²) in [6.45, 7) is 0. The van der Waals surface area contributed by atoms with Crippen LogP contribution in [0.3, 0.4) is 0 Å². The van der Waals surface area contributed by atoms with Crippen LogP contribution in [0.25, 0.3) is 0 Å². The Morgan fingerprint density at radius 2 is 2.19 bits per heavy atom. The highest BCUT2D eigenvalue weighted by Crippen LogP contribution is 2.37. The molecule has 16 heavy (non-hydrogen) atoms. The van der Waals surface area contributed by atoms with Crippen LogP contribution in [-0.4, -0.2) is 7.05 Å². The van der Waals surface area contributed by atoms with Crippen molar-refractivity contribution in [2.24, 2.45) is 0 Å². The zero-order chi connectivity index (χ0) is 11.7. The molecule has 2 aromatic heterocycles. The highest BCUT2D eigenvalue weighted by Gasteiger charge is 2.19. The summed E-state index contributed by atoms with van der Waals surface area (Å²) < 4.78 is 7.94. The van der Waals surface area contributed by atoms with E-state index in [2.05, 4.69) is 37.2 Å². The molecule has 2 heterocycles. The summed E-state index contributed by atoms with van der Waals surface area (Å²) in [5.74, 6) is 0.861. The molecule has 0 amide bonds. The smallest absolute Gasteiger partial charge is 0.169 e. The third kappa shape index (κ3) is 2.54. The topological polar surface area (TPSA) is 25.2 Å². The maximum Gasteiger partial charge on any atom is 0.169 e. The number of rotatable bonds is 3. The van der Waals surface area contributed by atoms with Gasteiger partial charge in [0.05, 0.1) is 0 Å². The lowest BCUT2D eigenvalue weighted by Gasteiger charge is -2.10. The van der Waals surface area contributed by atoms with E-state index >= 15 is 0 Å². The van der Waals surface area contributed by atoms with E-state index in [9.17, 15) is 0 Å². The van der Waals surface area contributed by atoms with Crippen molar-refractivity contribution in [3.63, 3.8) is 0 Å². The van der Waals surface area contributed by atoms with Gasteiger partial charge < -0.3 is 9.73 Å². The van der Waals surface area contributed by atoms with Crippen LogP contribution in [0.5, 0.6) is 0 Å². The van der Waals surface area contributed by atoms with Crippen LogP contribution in [0.4, 0.5) is 0 Å². The largest absolute Gasteiger partial charge is 0.452 e. The van der Waals surface area contributed by atoms with Gasteiger partial charge in [0.1, 0.15) is 16.1 Å². The number of hydrogen-bond donors (Lipinski definition) is 1. The molecule has 2 aromatic rings. The second kappa shape index (κ2) is 5.23. The van der Waals surface area contributed by atoms with Gasteiger partial charge in [-0.3, -0.25) is 0 Å². The van der Waals surface area contributed by atoms with Crippen LogP contribution in [0.2, 0.25) is 4.34 Å². The fraction of sp³-hybridized carbons (Fsp3) is 0.200. The number of thiophene rings is 1. The van der Waals surface area contributed by atoms with Crippen LogP contribution in [0.1, 0.15) is 16.7 Å². The number of nitrogens with one attached hydrogen (secondary N) is 1. The predicted molar refractivity (Wildman–Crippen MR) is 74.3 cm³/mol. The second-order valence-corrected chi connectivity index (χ2v) is 6.46. The summed E-state index contributed by atoms with van der Waals surface area (Å²) in [5, 5.41) is 3.20. The minimum atomic E-state index is 0.0279. The van der Waals surface area contributed by atoms with Gasteiger partial charge in [0.15, 0.2) is 4.67 Å². The molecule has 0 bridgehead atoms. The van der Waals surface area contributed by atoms with Crippen molar-refractivity contribution in [2.75, 3.05) is 7.05 Å². The Kier molecular flexibility index (Phi) is 4.13. The summed E-state index contributed by atoms with van der Waals surface area (Å²) in [6.07, 6.45) is 0. The lowest BCUT2D eigenvalue weighted by molar-refractivity contribution is 0.449. The average Bonchev–Trinajstić information content (AvgIpc) is 2.77. The third-order valence-corrected chi connectivity index (χ3v) is 5.08. The van der Waals surface area contributed by atoms with Crippen LogP contribution >= 0.6 is 54.8 Å². The Morgan fingerprint density at radius 3 is 2.62 bits per heavy atom. The van der Waals surface area contributed by atoms with Gasteiger partial charge in [-0.05, 0) is 57.1 Å². The normalized spacial score (nSPS) is 13.0. The van der Waals surface area contributed by atoms with Gasteiger partial charge in [-0.15, -0.1) is 11.3 Å². The first kappa shape index (κ1) is 12.6. The number of hydrogen-bond acceptors (Lipinski definition) is 3. The molecule has 1 atom stereocenters. The Bertz CT molecular complexity index is 477.